The highest BCUT2D eigenvalue weighted by Gasteiger charge is 2.07. The Kier molecular flexibility index (Phi) is 5.53. The van der Waals surface area contributed by atoms with Crippen molar-refractivity contribution in [2.75, 3.05) is 19.5 Å². The summed E-state index contributed by atoms with van der Waals surface area (Å²) in [5.41, 5.74) is 3.31. The van der Waals surface area contributed by atoms with Crippen LogP contribution >= 0.6 is 31.9 Å². The molecule has 0 aliphatic heterocycles. The van der Waals surface area contributed by atoms with Gasteiger partial charge in [0, 0.05) is 17.1 Å². The maximum absolute atomic E-state index is 5.32. The van der Waals surface area contributed by atoms with Gasteiger partial charge in [0.05, 0.1) is 24.4 Å². The number of anilines is 1. The summed E-state index contributed by atoms with van der Waals surface area (Å²) in [5, 5.41) is 3.41. The molecule has 2 aromatic carbocycles. The van der Waals surface area contributed by atoms with E-state index in [0.717, 1.165) is 38.2 Å². The maximum atomic E-state index is 5.32. The quantitative estimate of drug-likeness (QED) is 0.733. The number of rotatable bonds is 5. The summed E-state index contributed by atoms with van der Waals surface area (Å²) >= 11 is 7.02. The van der Waals surface area contributed by atoms with Gasteiger partial charge in [0.25, 0.3) is 0 Å². The lowest BCUT2D eigenvalue weighted by Crippen LogP contribution is -2.01. The molecule has 0 saturated heterocycles. The molecule has 0 heterocycles. The molecule has 21 heavy (non-hydrogen) atoms. The molecule has 0 unspecified atom stereocenters. The first-order valence-corrected chi connectivity index (χ1v) is 8.04. The molecule has 3 nitrogen and oxygen atoms in total. The van der Waals surface area contributed by atoms with Gasteiger partial charge in [-0.3, -0.25) is 0 Å². The molecule has 1 N–H and O–H groups in total. The Balaban J connectivity index is 2.14. The number of ether oxygens (including phenoxy) is 2. The van der Waals surface area contributed by atoms with Gasteiger partial charge >= 0.3 is 0 Å². The van der Waals surface area contributed by atoms with E-state index in [1.165, 1.54) is 5.56 Å². The lowest BCUT2D eigenvalue weighted by atomic mass is 10.1. The van der Waals surface area contributed by atoms with Gasteiger partial charge in [0.1, 0.15) is 11.5 Å². The minimum atomic E-state index is 0.730. The Morgan fingerprint density at radius 3 is 2.29 bits per heavy atom. The molecule has 0 atom stereocenters. The minimum absolute atomic E-state index is 0.730. The van der Waals surface area contributed by atoms with E-state index in [2.05, 4.69) is 49.3 Å². The Labute approximate surface area is 141 Å². The van der Waals surface area contributed by atoms with Crippen molar-refractivity contribution in [3.63, 3.8) is 0 Å². The van der Waals surface area contributed by atoms with E-state index >= 15 is 0 Å². The van der Waals surface area contributed by atoms with E-state index in [4.69, 9.17) is 9.47 Å². The van der Waals surface area contributed by atoms with Crippen LogP contribution in [0.25, 0.3) is 0 Å². The summed E-state index contributed by atoms with van der Waals surface area (Å²) in [4.78, 5) is 0. The van der Waals surface area contributed by atoms with Crippen molar-refractivity contribution in [2.24, 2.45) is 0 Å². The maximum Gasteiger partial charge on any atom is 0.135 e. The largest absolute Gasteiger partial charge is 0.496 e. The van der Waals surface area contributed by atoms with Crippen LogP contribution < -0.4 is 14.8 Å². The average Bonchev–Trinajstić information content (AvgIpc) is 2.46. The Morgan fingerprint density at radius 2 is 1.67 bits per heavy atom. The second-order valence-corrected chi connectivity index (χ2v) is 6.33. The highest BCUT2D eigenvalue weighted by Crippen LogP contribution is 2.34. The van der Waals surface area contributed by atoms with Crippen LogP contribution in [0.15, 0.2) is 39.3 Å². The van der Waals surface area contributed by atoms with E-state index in [-0.39, 0.29) is 0 Å². The monoisotopic (exact) mass is 413 g/mol. The molecule has 0 saturated carbocycles. The fourth-order valence-corrected chi connectivity index (χ4v) is 3.36. The molecular formula is C16H17Br2NO2. The van der Waals surface area contributed by atoms with E-state index in [0.29, 0.717) is 0 Å². The topological polar surface area (TPSA) is 30.5 Å². The Morgan fingerprint density at radius 1 is 0.952 bits per heavy atom. The predicted molar refractivity (Wildman–Crippen MR) is 93.5 cm³/mol. The number of nitrogens with one attached hydrogen (secondary N) is 1. The van der Waals surface area contributed by atoms with Crippen LogP contribution in [-0.2, 0) is 6.54 Å². The first-order chi connectivity index (χ1) is 10.0. The van der Waals surface area contributed by atoms with Crippen molar-refractivity contribution < 1.29 is 9.47 Å². The lowest BCUT2D eigenvalue weighted by molar-refractivity contribution is 0.411. The Hall–Kier alpha value is -1.20. The van der Waals surface area contributed by atoms with Gasteiger partial charge in [0.2, 0.25) is 0 Å². The van der Waals surface area contributed by atoms with Gasteiger partial charge in [-0.2, -0.15) is 0 Å². The summed E-state index contributed by atoms with van der Waals surface area (Å²) in [7, 11) is 3.34. The number of halogens is 2. The van der Waals surface area contributed by atoms with Gasteiger partial charge in [-0.25, -0.2) is 0 Å². The molecule has 0 bridgehead atoms. The second-order valence-electron chi connectivity index (χ2n) is 4.62. The van der Waals surface area contributed by atoms with E-state index in [9.17, 15) is 0 Å². The number of aryl methyl sites for hydroxylation is 1. The SMILES string of the molecule is COc1ccc(CNc2cc(OC)c(Br)cc2Br)cc1C. The molecule has 0 aliphatic carbocycles. The standard InChI is InChI=1S/C16H17Br2NO2/c1-10-6-11(4-5-15(10)20-2)9-19-14-8-16(21-3)13(18)7-12(14)17/h4-8,19H,9H2,1-3H3. The third-order valence-corrected chi connectivity index (χ3v) is 4.46. The highest BCUT2D eigenvalue weighted by atomic mass is 79.9. The van der Waals surface area contributed by atoms with E-state index in [1.54, 1.807) is 14.2 Å². The van der Waals surface area contributed by atoms with Gasteiger partial charge < -0.3 is 14.8 Å². The van der Waals surface area contributed by atoms with Crippen LogP contribution in [0.4, 0.5) is 5.69 Å². The molecule has 2 rings (SSSR count). The van der Waals surface area contributed by atoms with Gasteiger partial charge in [-0.05, 0) is 62.0 Å². The van der Waals surface area contributed by atoms with Crippen molar-refractivity contribution in [1.29, 1.82) is 0 Å². The zero-order valence-electron chi connectivity index (χ0n) is 12.2. The van der Waals surface area contributed by atoms with Crippen LogP contribution in [0.2, 0.25) is 0 Å². The van der Waals surface area contributed by atoms with Gasteiger partial charge in [-0.15, -0.1) is 0 Å². The molecule has 0 amide bonds. The molecule has 0 fully saturated rings. The molecule has 2 aromatic rings. The van der Waals surface area contributed by atoms with Crippen molar-refractivity contribution in [3.05, 3.63) is 50.4 Å². The molecule has 112 valence electrons. The molecule has 0 aliphatic rings. The normalized spacial score (nSPS) is 10.3. The molecular weight excluding hydrogens is 398 g/mol. The summed E-state index contributed by atoms with van der Waals surface area (Å²) < 4.78 is 12.5. The van der Waals surface area contributed by atoms with E-state index in [1.807, 2.05) is 25.1 Å². The predicted octanol–water partition coefficient (Wildman–Crippen LogP) is 5.15. The summed E-state index contributed by atoms with van der Waals surface area (Å²) in [6, 6.07) is 10.1. The number of hydrogen-bond acceptors (Lipinski definition) is 3. The van der Waals surface area contributed by atoms with Gasteiger partial charge in [-0.1, -0.05) is 12.1 Å². The van der Waals surface area contributed by atoms with Crippen LogP contribution in [0.1, 0.15) is 11.1 Å². The van der Waals surface area contributed by atoms with E-state index < -0.39 is 0 Å². The van der Waals surface area contributed by atoms with Crippen molar-refractivity contribution in [1.82, 2.24) is 0 Å². The molecule has 0 radical (unpaired) electrons. The Bertz CT molecular complexity index is 644. The first kappa shape index (κ1) is 16.2. The third-order valence-electron chi connectivity index (χ3n) is 3.18. The molecule has 0 spiro atoms. The zero-order valence-corrected chi connectivity index (χ0v) is 15.3. The summed E-state index contributed by atoms with van der Waals surface area (Å²) in [6.45, 7) is 2.77. The molecule has 0 aromatic heterocycles. The number of methoxy groups -OCH3 is 2. The first-order valence-electron chi connectivity index (χ1n) is 6.45. The summed E-state index contributed by atoms with van der Waals surface area (Å²) in [6.07, 6.45) is 0. The van der Waals surface area contributed by atoms with Crippen molar-refractivity contribution in [2.45, 2.75) is 13.5 Å². The lowest BCUT2D eigenvalue weighted by Gasteiger charge is -2.13. The second kappa shape index (κ2) is 7.18. The van der Waals surface area contributed by atoms with Crippen molar-refractivity contribution in [3.8, 4) is 11.5 Å². The summed E-state index contributed by atoms with van der Waals surface area (Å²) in [5.74, 6) is 1.71. The minimum Gasteiger partial charge on any atom is -0.496 e. The fraction of sp³-hybridized carbons (Fsp3) is 0.250. The smallest absolute Gasteiger partial charge is 0.135 e. The highest BCUT2D eigenvalue weighted by molar-refractivity contribution is 9.11. The van der Waals surface area contributed by atoms with Crippen LogP contribution in [0.3, 0.4) is 0 Å². The third kappa shape index (κ3) is 3.92. The van der Waals surface area contributed by atoms with Crippen LogP contribution in [0, 0.1) is 6.92 Å². The average molecular weight is 415 g/mol. The molecule has 5 heteroatoms. The zero-order chi connectivity index (χ0) is 15.4. The number of benzene rings is 2. The van der Waals surface area contributed by atoms with Gasteiger partial charge in [0.15, 0.2) is 0 Å². The number of hydrogen-bond donors (Lipinski definition) is 1. The fourth-order valence-electron chi connectivity index (χ4n) is 2.07. The van der Waals surface area contributed by atoms with Crippen molar-refractivity contribution >= 4 is 37.5 Å². The van der Waals surface area contributed by atoms with Crippen LogP contribution in [0.5, 0.6) is 11.5 Å². The van der Waals surface area contributed by atoms with Crippen LogP contribution in [-0.4, -0.2) is 14.2 Å².